The maximum atomic E-state index is 12.2. The molecular formula is C25H32O4. The summed E-state index contributed by atoms with van der Waals surface area (Å²) in [5.74, 6) is -0.239. The smallest absolute Gasteiger partial charge is 0.306 e. The summed E-state index contributed by atoms with van der Waals surface area (Å²) in [5, 5.41) is 0. The normalized spacial score (nSPS) is 13.5. The summed E-state index contributed by atoms with van der Waals surface area (Å²) in [6, 6.07) is 19.9. The van der Waals surface area contributed by atoms with Crippen LogP contribution in [0.15, 0.2) is 73.3 Å². The number of carbonyl (C=O) groups is 1. The number of rotatable bonds is 11. The molecule has 0 heterocycles. The summed E-state index contributed by atoms with van der Waals surface area (Å²) >= 11 is 0. The predicted octanol–water partition coefficient (Wildman–Crippen LogP) is 5.47. The maximum Gasteiger partial charge on any atom is 0.306 e. The minimum Gasteiger partial charge on any atom is -0.460 e. The van der Waals surface area contributed by atoms with E-state index in [-0.39, 0.29) is 24.6 Å². The number of esters is 1. The zero-order valence-corrected chi connectivity index (χ0v) is 17.7. The SMILES string of the molecule is C=C[C@@H](OCc1ccccc1)[C@@H](CCC(=O)OC(C)(C)C)OCc1ccccc1. The molecular weight excluding hydrogens is 364 g/mol. The van der Waals surface area contributed by atoms with E-state index in [2.05, 4.69) is 6.58 Å². The van der Waals surface area contributed by atoms with Crippen LogP contribution in [0.4, 0.5) is 0 Å². The zero-order valence-electron chi connectivity index (χ0n) is 17.7. The van der Waals surface area contributed by atoms with Gasteiger partial charge in [0.25, 0.3) is 0 Å². The molecule has 0 saturated heterocycles. The van der Waals surface area contributed by atoms with Gasteiger partial charge < -0.3 is 14.2 Å². The van der Waals surface area contributed by atoms with Gasteiger partial charge in [-0.05, 0) is 38.3 Å². The minimum absolute atomic E-state index is 0.239. The van der Waals surface area contributed by atoms with E-state index in [0.29, 0.717) is 19.6 Å². The van der Waals surface area contributed by atoms with Crippen molar-refractivity contribution < 1.29 is 19.0 Å². The molecule has 4 nitrogen and oxygen atoms in total. The van der Waals surface area contributed by atoms with Crippen molar-refractivity contribution in [3.05, 3.63) is 84.4 Å². The van der Waals surface area contributed by atoms with Gasteiger partial charge in [0, 0.05) is 6.42 Å². The number of ether oxygens (including phenoxy) is 3. The highest BCUT2D eigenvalue weighted by atomic mass is 16.6. The molecule has 2 aromatic rings. The number of hydrogen-bond acceptors (Lipinski definition) is 4. The van der Waals surface area contributed by atoms with Crippen LogP contribution in [0, 0.1) is 0 Å². The molecule has 0 saturated carbocycles. The third-order valence-corrected chi connectivity index (χ3v) is 4.24. The van der Waals surface area contributed by atoms with Crippen LogP contribution in [0.5, 0.6) is 0 Å². The molecule has 2 atom stereocenters. The second-order valence-corrected chi connectivity index (χ2v) is 7.96. The molecule has 0 unspecified atom stereocenters. The van der Waals surface area contributed by atoms with E-state index in [9.17, 15) is 4.79 Å². The van der Waals surface area contributed by atoms with E-state index in [4.69, 9.17) is 14.2 Å². The Kier molecular flexibility index (Phi) is 9.10. The van der Waals surface area contributed by atoms with Crippen LogP contribution in [0.25, 0.3) is 0 Å². The third kappa shape index (κ3) is 9.07. The van der Waals surface area contributed by atoms with Crippen LogP contribution in [0.3, 0.4) is 0 Å². The molecule has 2 rings (SSSR count). The molecule has 0 bridgehead atoms. The molecule has 0 N–H and O–H groups in total. The Morgan fingerprint density at radius 1 is 0.931 bits per heavy atom. The number of carbonyl (C=O) groups excluding carboxylic acids is 1. The summed E-state index contributed by atoms with van der Waals surface area (Å²) in [5.41, 5.74) is 1.65. The molecule has 2 aromatic carbocycles. The van der Waals surface area contributed by atoms with Gasteiger partial charge in [0.2, 0.25) is 0 Å². The lowest BCUT2D eigenvalue weighted by molar-refractivity contribution is -0.156. The van der Waals surface area contributed by atoms with Crippen molar-refractivity contribution in [1.29, 1.82) is 0 Å². The molecule has 156 valence electrons. The summed E-state index contributed by atoms with van der Waals surface area (Å²) < 4.78 is 17.6. The van der Waals surface area contributed by atoms with Crippen LogP contribution in [-0.4, -0.2) is 23.8 Å². The van der Waals surface area contributed by atoms with Crippen molar-refractivity contribution in [3.63, 3.8) is 0 Å². The average Bonchev–Trinajstić information content (AvgIpc) is 2.70. The first-order valence-electron chi connectivity index (χ1n) is 10.0. The lowest BCUT2D eigenvalue weighted by atomic mass is 10.1. The monoisotopic (exact) mass is 396 g/mol. The summed E-state index contributed by atoms with van der Waals surface area (Å²) in [6.45, 7) is 10.4. The fraction of sp³-hybridized carbons (Fsp3) is 0.400. The standard InChI is InChI=1S/C25H32O4/c1-5-22(27-18-20-12-8-6-9-13-20)23(16-17-24(26)29-25(2,3)4)28-19-21-14-10-7-11-15-21/h5-15,22-23H,1,16-19H2,2-4H3/t22-,23-/m1/s1. The number of hydrogen-bond donors (Lipinski definition) is 0. The predicted molar refractivity (Wildman–Crippen MR) is 115 cm³/mol. The molecule has 0 fully saturated rings. The number of benzene rings is 2. The minimum atomic E-state index is -0.501. The Bertz CT molecular complexity index is 734. The van der Waals surface area contributed by atoms with Crippen LogP contribution in [-0.2, 0) is 32.2 Å². The second kappa shape index (κ2) is 11.5. The van der Waals surface area contributed by atoms with Gasteiger partial charge in [-0.1, -0.05) is 66.7 Å². The van der Waals surface area contributed by atoms with Crippen molar-refractivity contribution in [2.75, 3.05) is 0 Å². The van der Waals surface area contributed by atoms with Crippen LogP contribution in [0.1, 0.15) is 44.7 Å². The first kappa shape index (κ1) is 22.9. The van der Waals surface area contributed by atoms with Gasteiger partial charge in [0.1, 0.15) is 11.7 Å². The van der Waals surface area contributed by atoms with Gasteiger partial charge in [-0.3, -0.25) is 4.79 Å². The van der Waals surface area contributed by atoms with Gasteiger partial charge in [-0.15, -0.1) is 6.58 Å². The Morgan fingerprint density at radius 2 is 1.45 bits per heavy atom. The molecule has 0 aliphatic carbocycles. The van der Waals surface area contributed by atoms with E-state index in [1.807, 2.05) is 81.4 Å². The molecule has 4 heteroatoms. The van der Waals surface area contributed by atoms with Crippen molar-refractivity contribution in [3.8, 4) is 0 Å². The molecule has 0 amide bonds. The van der Waals surface area contributed by atoms with E-state index in [1.54, 1.807) is 6.08 Å². The summed E-state index contributed by atoms with van der Waals surface area (Å²) in [4.78, 5) is 12.2. The van der Waals surface area contributed by atoms with Gasteiger partial charge in [0.15, 0.2) is 0 Å². The zero-order chi connectivity index (χ0) is 21.1. The molecule has 0 spiro atoms. The summed E-state index contributed by atoms with van der Waals surface area (Å²) in [7, 11) is 0. The van der Waals surface area contributed by atoms with Crippen molar-refractivity contribution >= 4 is 5.97 Å². The van der Waals surface area contributed by atoms with Gasteiger partial charge in [0.05, 0.1) is 19.3 Å². The van der Waals surface area contributed by atoms with E-state index < -0.39 is 5.60 Å². The van der Waals surface area contributed by atoms with Crippen LogP contribution >= 0.6 is 0 Å². The maximum absolute atomic E-state index is 12.2. The summed E-state index contributed by atoms with van der Waals surface area (Å²) in [6.07, 6.45) is 1.86. The van der Waals surface area contributed by atoms with Gasteiger partial charge in [-0.2, -0.15) is 0 Å². The molecule has 0 radical (unpaired) electrons. The highest BCUT2D eigenvalue weighted by Crippen LogP contribution is 2.18. The van der Waals surface area contributed by atoms with Crippen LogP contribution in [0.2, 0.25) is 0 Å². The van der Waals surface area contributed by atoms with E-state index in [0.717, 1.165) is 11.1 Å². The first-order chi connectivity index (χ1) is 13.9. The highest BCUT2D eigenvalue weighted by molar-refractivity contribution is 5.69. The first-order valence-corrected chi connectivity index (χ1v) is 10.0. The molecule has 0 aromatic heterocycles. The Hall–Kier alpha value is -2.43. The lowest BCUT2D eigenvalue weighted by Gasteiger charge is -2.26. The molecule has 0 aliphatic heterocycles. The largest absolute Gasteiger partial charge is 0.460 e. The van der Waals surface area contributed by atoms with E-state index in [1.165, 1.54) is 0 Å². The Morgan fingerprint density at radius 3 is 1.93 bits per heavy atom. The Labute approximate surface area is 174 Å². The van der Waals surface area contributed by atoms with Crippen molar-refractivity contribution in [1.82, 2.24) is 0 Å². The Balaban J connectivity index is 2.00. The average molecular weight is 397 g/mol. The topological polar surface area (TPSA) is 44.8 Å². The second-order valence-electron chi connectivity index (χ2n) is 7.96. The van der Waals surface area contributed by atoms with E-state index >= 15 is 0 Å². The fourth-order valence-corrected chi connectivity index (χ4v) is 2.87. The van der Waals surface area contributed by atoms with Gasteiger partial charge >= 0.3 is 5.97 Å². The fourth-order valence-electron chi connectivity index (χ4n) is 2.87. The van der Waals surface area contributed by atoms with Crippen molar-refractivity contribution in [2.24, 2.45) is 0 Å². The van der Waals surface area contributed by atoms with Gasteiger partial charge in [-0.25, -0.2) is 0 Å². The lowest BCUT2D eigenvalue weighted by Crippen LogP contribution is -2.32. The highest BCUT2D eigenvalue weighted by Gasteiger charge is 2.24. The quantitative estimate of drug-likeness (QED) is 0.373. The molecule has 0 aliphatic rings. The van der Waals surface area contributed by atoms with Crippen LogP contribution < -0.4 is 0 Å². The van der Waals surface area contributed by atoms with Crippen molar-refractivity contribution in [2.45, 2.75) is 64.6 Å². The molecule has 29 heavy (non-hydrogen) atoms. The third-order valence-electron chi connectivity index (χ3n) is 4.24.